The van der Waals surface area contributed by atoms with Gasteiger partial charge in [0, 0.05) is 34.9 Å². The summed E-state index contributed by atoms with van der Waals surface area (Å²) in [6.07, 6.45) is 10.3. The molecular formula is C28H35N5O. The van der Waals surface area contributed by atoms with Crippen LogP contribution >= 0.6 is 0 Å². The molecule has 0 radical (unpaired) electrons. The Hall–Kier alpha value is -2.73. The van der Waals surface area contributed by atoms with E-state index in [9.17, 15) is 0 Å². The molecule has 34 heavy (non-hydrogen) atoms. The predicted octanol–water partition coefficient (Wildman–Crippen LogP) is 6.32. The van der Waals surface area contributed by atoms with Gasteiger partial charge in [0.05, 0.1) is 29.9 Å². The number of H-pyrrole nitrogens is 1. The van der Waals surface area contributed by atoms with Gasteiger partial charge in [-0.25, -0.2) is 9.50 Å². The summed E-state index contributed by atoms with van der Waals surface area (Å²) in [5.41, 5.74) is 10.5. The van der Waals surface area contributed by atoms with Gasteiger partial charge in [-0.2, -0.15) is 5.10 Å². The Labute approximate surface area is 201 Å². The Morgan fingerprint density at radius 3 is 2.56 bits per heavy atom. The SMILES string of the molecule is Cc1c(-c2[nH]c3ccc(C4CCC(CC5COC5)CC4)nc3c2C(C)C)cn2ncnc2c1C. The molecule has 6 heteroatoms. The summed E-state index contributed by atoms with van der Waals surface area (Å²) in [5, 5.41) is 4.41. The van der Waals surface area contributed by atoms with E-state index >= 15 is 0 Å². The van der Waals surface area contributed by atoms with Crippen molar-refractivity contribution in [3.8, 4) is 11.3 Å². The molecule has 5 heterocycles. The molecule has 1 saturated heterocycles. The van der Waals surface area contributed by atoms with Gasteiger partial charge in [-0.3, -0.25) is 4.98 Å². The second kappa shape index (κ2) is 8.49. The van der Waals surface area contributed by atoms with Crippen molar-refractivity contribution in [3.63, 3.8) is 0 Å². The summed E-state index contributed by atoms with van der Waals surface area (Å²) in [4.78, 5) is 13.5. The second-order valence-electron chi connectivity index (χ2n) is 10.9. The van der Waals surface area contributed by atoms with Crippen LogP contribution in [0.25, 0.3) is 27.9 Å². The topological polar surface area (TPSA) is 68.1 Å². The highest BCUT2D eigenvalue weighted by Gasteiger charge is 2.29. The van der Waals surface area contributed by atoms with Gasteiger partial charge in [-0.1, -0.05) is 13.8 Å². The summed E-state index contributed by atoms with van der Waals surface area (Å²) < 4.78 is 7.27. The van der Waals surface area contributed by atoms with Crippen LogP contribution in [0.2, 0.25) is 0 Å². The molecule has 2 aliphatic rings. The maximum Gasteiger partial charge on any atom is 0.158 e. The maximum absolute atomic E-state index is 5.38. The number of nitrogens with zero attached hydrogens (tertiary/aromatic N) is 4. The standard InChI is InChI=1S/C28H35N5O/c1-16(2)25-26(22-12-33-28(29-15-30-33)18(4)17(22)3)32-24-10-9-23(31-27(24)25)21-7-5-19(6-8-21)11-20-13-34-14-20/h9-10,12,15-16,19-21,32H,5-8,11,13-14H2,1-4H3. The molecule has 1 aliphatic heterocycles. The number of aryl methyl sites for hydroxylation is 1. The molecule has 2 fully saturated rings. The fourth-order valence-electron chi connectivity index (χ4n) is 6.14. The van der Waals surface area contributed by atoms with Crippen LogP contribution in [0.15, 0.2) is 24.7 Å². The number of aromatic nitrogens is 5. The first-order valence-corrected chi connectivity index (χ1v) is 12.9. The number of aromatic amines is 1. The largest absolute Gasteiger partial charge is 0.381 e. The van der Waals surface area contributed by atoms with E-state index in [1.165, 1.54) is 65.7 Å². The fourth-order valence-corrected chi connectivity index (χ4v) is 6.14. The van der Waals surface area contributed by atoms with Gasteiger partial charge in [0.25, 0.3) is 0 Å². The lowest BCUT2D eigenvalue weighted by Crippen LogP contribution is -2.30. The molecule has 6 rings (SSSR count). The van der Waals surface area contributed by atoms with Crippen LogP contribution in [0.4, 0.5) is 0 Å². The first-order valence-electron chi connectivity index (χ1n) is 12.9. The van der Waals surface area contributed by atoms with Gasteiger partial charge in [0.2, 0.25) is 0 Å². The van der Waals surface area contributed by atoms with Crippen molar-refractivity contribution in [2.24, 2.45) is 11.8 Å². The Kier molecular flexibility index (Phi) is 5.44. The zero-order valence-electron chi connectivity index (χ0n) is 20.8. The van der Waals surface area contributed by atoms with Crippen LogP contribution in [0.3, 0.4) is 0 Å². The van der Waals surface area contributed by atoms with Gasteiger partial charge in [0.1, 0.15) is 6.33 Å². The summed E-state index contributed by atoms with van der Waals surface area (Å²) in [6.45, 7) is 10.8. The normalized spacial score (nSPS) is 21.6. The average molecular weight is 458 g/mol. The average Bonchev–Trinajstić information content (AvgIpc) is 3.43. The van der Waals surface area contributed by atoms with E-state index in [0.29, 0.717) is 11.8 Å². The number of fused-ring (bicyclic) bond motifs is 2. The number of ether oxygens (including phenoxy) is 1. The van der Waals surface area contributed by atoms with Crippen LogP contribution in [-0.2, 0) is 4.74 Å². The zero-order valence-corrected chi connectivity index (χ0v) is 20.8. The molecule has 1 saturated carbocycles. The lowest BCUT2D eigenvalue weighted by molar-refractivity contribution is -0.0448. The van der Waals surface area contributed by atoms with Gasteiger partial charge in [-0.05, 0) is 81.0 Å². The molecule has 1 N–H and O–H groups in total. The van der Waals surface area contributed by atoms with Crippen LogP contribution in [-0.4, -0.2) is 37.8 Å². The van der Waals surface area contributed by atoms with E-state index in [2.05, 4.69) is 61.1 Å². The van der Waals surface area contributed by atoms with E-state index in [0.717, 1.165) is 41.7 Å². The van der Waals surface area contributed by atoms with Crippen molar-refractivity contribution in [1.82, 2.24) is 24.6 Å². The third-order valence-electron chi connectivity index (χ3n) is 8.31. The highest BCUT2D eigenvalue weighted by atomic mass is 16.5. The van der Waals surface area contributed by atoms with Gasteiger partial charge >= 0.3 is 0 Å². The molecule has 178 valence electrons. The van der Waals surface area contributed by atoms with Crippen LogP contribution in [0.1, 0.15) is 80.2 Å². The highest BCUT2D eigenvalue weighted by molar-refractivity contribution is 5.89. The molecular weight excluding hydrogens is 422 g/mol. The fraction of sp³-hybridized carbons (Fsp3) is 0.536. The molecule has 0 spiro atoms. The molecule has 0 amide bonds. The number of pyridine rings is 2. The third kappa shape index (κ3) is 3.63. The van der Waals surface area contributed by atoms with E-state index in [4.69, 9.17) is 9.72 Å². The molecule has 0 bridgehead atoms. The van der Waals surface area contributed by atoms with Crippen molar-refractivity contribution in [3.05, 3.63) is 47.0 Å². The van der Waals surface area contributed by atoms with Crippen LogP contribution < -0.4 is 0 Å². The number of hydrogen-bond acceptors (Lipinski definition) is 4. The van der Waals surface area contributed by atoms with Gasteiger partial charge in [-0.15, -0.1) is 0 Å². The Morgan fingerprint density at radius 1 is 1.06 bits per heavy atom. The monoisotopic (exact) mass is 457 g/mol. The van der Waals surface area contributed by atoms with Crippen molar-refractivity contribution in [2.75, 3.05) is 13.2 Å². The second-order valence-corrected chi connectivity index (χ2v) is 10.9. The molecule has 4 aromatic rings. The van der Waals surface area contributed by atoms with E-state index in [1.54, 1.807) is 6.33 Å². The molecule has 0 atom stereocenters. The first kappa shape index (κ1) is 21.8. The zero-order chi connectivity index (χ0) is 23.4. The summed E-state index contributed by atoms with van der Waals surface area (Å²) in [7, 11) is 0. The van der Waals surface area contributed by atoms with Gasteiger partial charge in [0.15, 0.2) is 5.65 Å². The Bertz CT molecular complexity index is 1340. The van der Waals surface area contributed by atoms with E-state index in [1.807, 2.05) is 4.52 Å². The Balaban J connectivity index is 1.35. The highest BCUT2D eigenvalue weighted by Crippen LogP contribution is 2.41. The summed E-state index contributed by atoms with van der Waals surface area (Å²) >= 11 is 0. The number of nitrogens with one attached hydrogen (secondary N) is 1. The first-order chi connectivity index (χ1) is 16.5. The minimum atomic E-state index is 0.359. The number of hydrogen-bond donors (Lipinski definition) is 1. The quantitative estimate of drug-likeness (QED) is 0.381. The summed E-state index contributed by atoms with van der Waals surface area (Å²) in [6, 6.07) is 4.51. The molecule has 6 nitrogen and oxygen atoms in total. The molecule has 4 aromatic heterocycles. The van der Waals surface area contributed by atoms with E-state index < -0.39 is 0 Å². The smallest absolute Gasteiger partial charge is 0.158 e. The lowest BCUT2D eigenvalue weighted by atomic mass is 9.76. The maximum atomic E-state index is 5.38. The Morgan fingerprint density at radius 2 is 1.85 bits per heavy atom. The molecule has 0 unspecified atom stereocenters. The predicted molar refractivity (Wildman–Crippen MR) is 135 cm³/mol. The third-order valence-corrected chi connectivity index (χ3v) is 8.31. The minimum absolute atomic E-state index is 0.359. The number of rotatable bonds is 5. The van der Waals surface area contributed by atoms with Crippen molar-refractivity contribution < 1.29 is 4.74 Å². The van der Waals surface area contributed by atoms with Crippen molar-refractivity contribution >= 4 is 16.7 Å². The van der Waals surface area contributed by atoms with Crippen LogP contribution in [0.5, 0.6) is 0 Å². The van der Waals surface area contributed by atoms with Gasteiger partial charge < -0.3 is 9.72 Å². The van der Waals surface area contributed by atoms with E-state index in [-0.39, 0.29) is 0 Å². The van der Waals surface area contributed by atoms with Crippen molar-refractivity contribution in [1.29, 1.82) is 0 Å². The molecule has 0 aromatic carbocycles. The van der Waals surface area contributed by atoms with Crippen LogP contribution in [0, 0.1) is 25.7 Å². The molecule has 1 aliphatic carbocycles. The minimum Gasteiger partial charge on any atom is -0.381 e. The lowest BCUT2D eigenvalue weighted by Gasteiger charge is -2.34. The van der Waals surface area contributed by atoms with Crippen molar-refractivity contribution in [2.45, 2.75) is 71.6 Å². The summed E-state index contributed by atoms with van der Waals surface area (Å²) in [5.74, 6) is 2.62.